The number of carbonyl (C=O) groups excluding carboxylic acids is 2. The summed E-state index contributed by atoms with van der Waals surface area (Å²) in [5.74, 6) is -0.00770. The van der Waals surface area contributed by atoms with Crippen molar-refractivity contribution >= 4 is 23.0 Å². The number of Topliss-reactive ketones (excluding diaryl/α,β-unsaturated/α-hetero) is 1. The second-order valence-corrected chi connectivity index (χ2v) is 9.83. The van der Waals surface area contributed by atoms with Crippen molar-refractivity contribution in [1.82, 2.24) is 4.90 Å². The van der Waals surface area contributed by atoms with E-state index in [1.807, 2.05) is 29.6 Å². The van der Waals surface area contributed by atoms with Crippen LogP contribution < -0.4 is 9.64 Å². The number of benzene rings is 1. The predicted octanol–water partition coefficient (Wildman–Crippen LogP) is 3.29. The number of aliphatic hydroxyl groups excluding tert-OH is 1. The van der Waals surface area contributed by atoms with E-state index < -0.39 is 17.7 Å². The summed E-state index contributed by atoms with van der Waals surface area (Å²) in [5, 5.41) is 12.6. The summed E-state index contributed by atoms with van der Waals surface area (Å²) < 4.78 is 5.92. The summed E-state index contributed by atoms with van der Waals surface area (Å²) in [5.41, 5.74) is 0.913. The molecule has 7 heteroatoms. The number of aliphatic hydroxyl groups is 1. The van der Waals surface area contributed by atoms with Crippen molar-refractivity contribution in [2.24, 2.45) is 5.92 Å². The molecule has 0 spiro atoms. The highest BCUT2D eigenvalue weighted by Crippen LogP contribution is 2.40. The number of carbonyl (C=O) groups is 2. The average Bonchev–Trinajstić information content (AvgIpc) is 3.36. The summed E-state index contributed by atoms with van der Waals surface area (Å²) in [6.07, 6.45) is 1.71. The Labute approximate surface area is 194 Å². The molecule has 1 amide bonds. The van der Waals surface area contributed by atoms with Crippen LogP contribution in [0.15, 0.2) is 53.1 Å². The van der Waals surface area contributed by atoms with E-state index in [0.29, 0.717) is 29.7 Å². The lowest BCUT2D eigenvalue weighted by molar-refractivity contribution is -0.858. The lowest BCUT2D eigenvalue weighted by Crippen LogP contribution is -3.05. The third-order valence-electron chi connectivity index (χ3n) is 5.51. The Morgan fingerprint density at radius 1 is 1.25 bits per heavy atom. The van der Waals surface area contributed by atoms with Gasteiger partial charge in [-0.05, 0) is 41.5 Å². The Hall–Kier alpha value is -2.64. The third-order valence-corrected chi connectivity index (χ3v) is 6.38. The molecule has 2 N–H and O–H groups in total. The zero-order valence-corrected chi connectivity index (χ0v) is 20.1. The number of nitrogens with zero attached hydrogens (tertiary/aromatic N) is 1. The Kier molecular flexibility index (Phi) is 8.10. The van der Waals surface area contributed by atoms with Crippen molar-refractivity contribution in [2.75, 3.05) is 33.8 Å². The van der Waals surface area contributed by atoms with Gasteiger partial charge in [0.15, 0.2) is 5.76 Å². The van der Waals surface area contributed by atoms with E-state index in [-0.39, 0.29) is 11.4 Å². The average molecular weight is 458 g/mol. The SMILES string of the molecule is CC(C)CCOc1cccc([C@H]2C(C(=O)c3cccs3)=C(O)C(=O)N2CCC[NH+](C)C)c1. The fourth-order valence-electron chi connectivity index (χ4n) is 3.79. The number of hydrogen-bond donors (Lipinski definition) is 2. The molecular formula is C25H33N2O4S+. The highest BCUT2D eigenvalue weighted by atomic mass is 32.1. The smallest absolute Gasteiger partial charge is 0.290 e. The normalized spacial score (nSPS) is 16.5. The predicted molar refractivity (Wildman–Crippen MR) is 126 cm³/mol. The maximum Gasteiger partial charge on any atom is 0.290 e. The van der Waals surface area contributed by atoms with E-state index in [0.717, 1.165) is 24.9 Å². The highest BCUT2D eigenvalue weighted by Gasteiger charge is 2.43. The number of nitrogens with one attached hydrogen (secondary N) is 1. The Morgan fingerprint density at radius 2 is 2.03 bits per heavy atom. The Bertz CT molecular complexity index is 966. The lowest BCUT2D eigenvalue weighted by atomic mass is 9.95. The van der Waals surface area contributed by atoms with Crippen LogP contribution in [0.1, 0.15) is 48.0 Å². The second kappa shape index (κ2) is 10.8. The fraction of sp³-hybridized carbons (Fsp3) is 0.440. The van der Waals surface area contributed by atoms with Gasteiger partial charge in [0.2, 0.25) is 5.78 Å². The molecule has 32 heavy (non-hydrogen) atoms. The standard InChI is InChI=1S/C25H32N2O4S/c1-17(2)11-14-31-19-9-5-8-18(16-19)22-21(23(28)20-10-6-15-32-20)24(29)25(30)27(22)13-7-12-26(3)4/h5-6,8-10,15-17,22,29H,7,11-14H2,1-4H3/p+1/t22-/m0/s1. The molecule has 2 heterocycles. The number of hydrogen-bond acceptors (Lipinski definition) is 5. The Morgan fingerprint density at radius 3 is 2.69 bits per heavy atom. The van der Waals surface area contributed by atoms with Crippen molar-refractivity contribution < 1.29 is 24.3 Å². The van der Waals surface area contributed by atoms with Crippen LogP contribution in [-0.2, 0) is 4.79 Å². The van der Waals surface area contributed by atoms with E-state index in [4.69, 9.17) is 4.74 Å². The molecule has 0 fully saturated rings. The molecule has 1 aliphatic heterocycles. The monoisotopic (exact) mass is 457 g/mol. The molecule has 172 valence electrons. The van der Waals surface area contributed by atoms with Gasteiger partial charge in [-0.15, -0.1) is 11.3 Å². The van der Waals surface area contributed by atoms with Gasteiger partial charge >= 0.3 is 0 Å². The maximum absolute atomic E-state index is 13.3. The minimum absolute atomic E-state index is 0.147. The first kappa shape index (κ1) is 24.0. The molecule has 0 unspecified atom stereocenters. The van der Waals surface area contributed by atoms with E-state index in [2.05, 4.69) is 27.9 Å². The molecule has 2 aromatic rings. The van der Waals surface area contributed by atoms with Crippen LogP contribution in [-0.4, -0.2) is 55.5 Å². The molecule has 0 radical (unpaired) electrons. The molecular weight excluding hydrogens is 424 g/mol. The molecule has 0 bridgehead atoms. The van der Waals surface area contributed by atoms with Crippen LogP contribution in [0.5, 0.6) is 5.75 Å². The molecule has 0 saturated heterocycles. The zero-order valence-electron chi connectivity index (χ0n) is 19.3. The molecule has 1 aromatic carbocycles. The first-order valence-corrected chi connectivity index (χ1v) is 12.0. The van der Waals surface area contributed by atoms with Crippen LogP contribution in [0.3, 0.4) is 0 Å². The fourth-order valence-corrected chi connectivity index (χ4v) is 4.47. The maximum atomic E-state index is 13.3. The van der Waals surface area contributed by atoms with Crippen LogP contribution in [0, 0.1) is 5.92 Å². The number of quaternary nitrogens is 1. The van der Waals surface area contributed by atoms with Gasteiger partial charge in [0.1, 0.15) is 5.75 Å². The van der Waals surface area contributed by atoms with Gasteiger partial charge < -0.3 is 19.6 Å². The topological polar surface area (TPSA) is 71.3 Å². The van der Waals surface area contributed by atoms with Gasteiger partial charge in [-0.3, -0.25) is 9.59 Å². The molecule has 6 nitrogen and oxygen atoms in total. The molecule has 0 aliphatic carbocycles. The Balaban J connectivity index is 1.94. The van der Waals surface area contributed by atoms with Crippen molar-refractivity contribution in [2.45, 2.75) is 32.7 Å². The molecule has 0 saturated carbocycles. The number of ketones is 1. The largest absolute Gasteiger partial charge is 0.503 e. The summed E-state index contributed by atoms with van der Waals surface area (Å²) in [4.78, 5) is 29.7. The van der Waals surface area contributed by atoms with Crippen molar-refractivity contribution in [1.29, 1.82) is 0 Å². The van der Waals surface area contributed by atoms with Gasteiger partial charge in [0.25, 0.3) is 5.91 Å². The third kappa shape index (κ3) is 5.58. The van der Waals surface area contributed by atoms with E-state index >= 15 is 0 Å². The van der Waals surface area contributed by atoms with Gasteiger partial charge in [0.05, 0.1) is 43.7 Å². The van der Waals surface area contributed by atoms with Gasteiger partial charge in [-0.25, -0.2) is 0 Å². The summed E-state index contributed by atoms with van der Waals surface area (Å²) >= 11 is 1.31. The van der Waals surface area contributed by atoms with Crippen LogP contribution >= 0.6 is 11.3 Å². The second-order valence-electron chi connectivity index (χ2n) is 8.88. The summed E-state index contributed by atoms with van der Waals surface area (Å²) in [6, 6.07) is 10.4. The molecule has 3 rings (SSSR count). The van der Waals surface area contributed by atoms with Gasteiger partial charge in [-0.2, -0.15) is 0 Å². The highest BCUT2D eigenvalue weighted by molar-refractivity contribution is 7.12. The van der Waals surface area contributed by atoms with Crippen LogP contribution in [0.25, 0.3) is 0 Å². The lowest BCUT2D eigenvalue weighted by Gasteiger charge is -2.27. The van der Waals surface area contributed by atoms with E-state index in [1.165, 1.54) is 16.2 Å². The summed E-state index contributed by atoms with van der Waals surface area (Å²) in [7, 11) is 4.12. The molecule has 1 atom stereocenters. The summed E-state index contributed by atoms with van der Waals surface area (Å²) in [6.45, 7) is 6.23. The van der Waals surface area contributed by atoms with Crippen LogP contribution in [0.2, 0.25) is 0 Å². The van der Waals surface area contributed by atoms with Gasteiger partial charge in [0, 0.05) is 13.0 Å². The minimum Gasteiger partial charge on any atom is -0.503 e. The number of thiophene rings is 1. The van der Waals surface area contributed by atoms with Gasteiger partial charge in [-0.1, -0.05) is 32.0 Å². The molecule has 1 aromatic heterocycles. The van der Waals surface area contributed by atoms with Crippen molar-refractivity contribution in [3.8, 4) is 5.75 Å². The van der Waals surface area contributed by atoms with E-state index in [1.54, 1.807) is 17.0 Å². The zero-order chi connectivity index (χ0) is 23.3. The minimum atomic E-state index is -0.636. The van der Waals surface area contributed by atoms with Crippen molar-refractivity contribution in [3.05, 3.63) is 63.6 Å². The van der Waals surface area contributed by atoms with Crippen LogP contribution in [0.4, 0.5) is 0 Å². The first-order valence-electron chi connectivity index (χ1n) is 11.1. The number of ether oxygens (including phenoxy) is 1. The number of amides is 1. The van der Waals surface area contributed by atoms with Crippen molar-refractivity contribution in [3.63, 3.8) is 0 Å². The van der Waals surface area contributed by atoms with E-state index in [9.17, 15) is 14.7 Å². The molecule has 1 aliphatic rings. The quantitative estimate of drug-likeness (QED) is 0.508. The first-order chi connectivity index (χ1) is 15.3. The number of rotatable bonds is 11.